The summed E-state index contributed by atoms with van der Waals surface area (Å²) in [6.45, 7) is 4.18. The second-order valence-corrected chi connectivity index (χ2v) is 6.67. The lowest BCUT2D eigenvalue weighted by atomic mass is 10.0. The smallest absolute Gasteiger partial charge is 0.0487 e. The minimum atomic E-state index is 0.394. The van der Waals surface area contributed by atoms with Gasteiger partial charge in [0, 0.05) is 23.3 Å². The van der Waals surface area contributed by atoms with Crippen LogP contribution in [0.1, 0.15) is 44.2 Å². The summed E-state index contributed by atoms with van der Waals surface area (Å²) < 4.78 is 1.38. The molecule has 108 valence electrons. The molecule has 1 fully saturated rings. The van der Waals surface area contributed by atoms with Crippen molar-refractivity contribution in [1.82, 2.24) is 4.90 Å². The number of rotatable bonds is 7. The van der Waals surface area contributed by atoms with E-state index in [1.807, 2.05) is 11.3 Å². The molecule has 3 heteroatoms. The van der Waals surface area contributed by atoms with E-state index in [0.29, 0.717) is 6.04 Å². The summed E-state index contributed by atoms with van der Waals surface area (Å²) in [7, 11) is 0. The predicted octanol–water partition coefficient (Wildman–Crippen LogP) is 4.17. The number of benzene rings is 1. The predicted molar refractivity (Wildman–Crippen MR) is 88.3 cm³/mol. The van der Waals surface area contributed by atoms with Crippen LogP contribution in [-0.2, 0) is 0 Å². The Bertz CT molecular complexity index is 559. The Kier molecular flexibility index (Phi) is 4.39. The van der Waals surface area contributed by atoms with E-state index in [9.17, 15) is 0 Å². The van der Waals surface area contributed by atoms with Crippen LogP contribution in [0, 0.1) is 0 Å². The fourth-order valence-electron chi connectivity index (χ4n) is 3.04. The first-order valence-electron chi connectivity index (χ1n) is 7.77. The Balaban J connectivity index is 1.91. The zero-order valence-corrected chi connectivity index (χ0v) is 13.0. The van der Waals surface area contributed by atoms with E-state index in [4.69, 9.17) is 5.73 Å². The van der Waals surface area contributed by atoms with Crippen LogP contribution in [0.15, 0.2) is 29.6 Å². The molecule has 0 bridgehead atoms. The largest absolute Gasteiger partial charge is 0.329 e. The van der Waals surface area contributed by atoms with Gasteiger partial charge in [0.05, 0.1) is 0 Å². The first-order valence-corrected chi connectivity index (χ1v) is 8.65. The second kappa shape index (κ2) is 6.25. The van der Waals surface area contributed by atoms with Crippen molar-refractivity contribution in [3.63, 3.8) is 0 Å². The van der Waals surface area contributed by atoms with E-state index in [-0.39, 0.29) is 0 Å². The van der Waals surface area contributed by atoms with Gasteiger partial charge in [0.1, 0.15) is 0 Å². The molecule has 2 nitrogen and oxygen atoms in total. The molecule has 0 aliphatic heterocycles. The number of nitrogens with zero attached hydrogens (tertiary/aromatic N) is 1. The van der Waals surface area contributed by atoms with Gasteiger partial charge in [0.25, 0.3) is 0 Å². The van der Waals surface area contributed by atoms with Crippen LogP contribution in [0.4, 0.5) is 0 Å². The summed E-state index contributed by atoms with van der Waals surface area (Å²) in [6, 6.07) is 9.88. The number of nitrogens with two attached hydrogens (primary N) is 1. The fourth-order valence-corrected chi connectivity index (χ4v) is 4.05. The van der Waals surface area contributed by atoms with Gasteiger partial charge in [-0.2, -0.15) is 0 Å². The molecule has 1 atom stereocenters. The van der Waals surface area contributed by atoms with Gasteiger partial charge in [0.2, 0.25) is 0 Å². The molecular formula is C17H24N2S. The van der Waals surface area contributed by atoms with Gasteiger partial charge in [-0.3, -0.25) is 4.90 Å². The number of hydrogen-bond acceptors (Lipinski definition) is 3. The summed E-state index contributed by atoms with van der Waals surface area (Å²) in [5, 5.41) is 3.72. The van der Waals surface area contributed by atoms with Crippen LogP contribution in [0.3, 0.4) is 0 Å². The Hall–Kier alpha value is -0.900. The standard InChI is InChI=1S/C17H24N2S/c1-2-3-10-19(13-8-9-13)16(11-18)15-12-20-17-7-5-4-6-14(15)17/h4-7,12-13,16H,2-3,8-11,18H2,1H3. The van der Waals surface area contributed by atoms with E-state index in [0.717, 1.165) is 12.6 Å². The molecule has 1 aliphatic rings. The number of fused-ring (bicyclic) bond motifs is 1. The molecule has 2 aromatic rings. The van der Waals surface area contributed by atoms with Crippen molar-refractivity contribution in [2.24, 2.45) is 5.73 Å². The molecule has 0 saturated heterocycles. The molecule has 1 heterocycles. The lowest BCUT2D eigenvalue weighted by molar-refractivity contribution is 0.189. The Morgan fingerprint density at radius 2 is 2.15 bits per heavy atom. The minimum Gasteiger partial charge on any atom is -0.329 e. The topological polar surface area (TPSA) is 29.3 Å². The van der Waals surface area contributed by atoms with Crippen LogP contribution < -0.4 is 5.73 Å². The monoisotopic (exact) mass is 288 g/mol. The van der Waals surface area contributed by atoms with Crippen molar-refractivity contribution in [3.05, 3.63) is 35.2 Å². The molecule has 1 saturated carbocycles. The van der Waals surface area contributed by atoms with E-state index < -0.39 is 0 Å². The van der Waals surface area contributed by atoms with Gasteiger partial charge in [-0.1, -0.05) is 31.5 Å². The maximum absolute atomic E-state index is 6.16. The molecule has 3 rings (SSSR count). The summed E-state index contributed by atoms with van der Waals surface area (Å²) in [5.74, 6) is 0. The summed E-state index contributed by atoms with van der Waals surface area (Å²) >= 11 is 1.85. The minimum absolute atomic E-state index is 0.394. The van der Waals surface area contributed by atoms with Gasteiger partial charge in [0.15, 0.2) is 0 Å². The van der Waals surface area contributed by atoms with Crippen LogP contribution in [0.5, 0.6) is 0 Å². The number of thiophene rings is 1. The van der Waals surface area contributed by atoms with Crippen LogP contribution in [-0.4, -0.2) is 24.0 Å². The molecule has 1 aliphatic carbocycles. The van der Waals surface area contributed by atoms with Crippen molar-refractivity contribution in [2.75, 3.05) is 13.1 Å². The zero-order valence-electron chi connectivity index (χ0n) is 12.2. The first-order chi connectivity index (χ1) is 9.85. The maximum Gasteiger partial charge on any atom is 0.0487 e. The molecule has 2 N–H and O–H groups in total. The van der Waals surface area contributed by atoms with Crippen LogP contribution >= 0.6 is 11.3 Å². The fraction of sp³-hybridized carbons (Fsp3) is 0.529. The summed E-state index contributed by atoms with van der Waals surface area (Å²) in [6.07, 6.45) is 5.23. The third-order valence-electron chi connectivity index (χ3n) is 4.28. The third-order valence-corrected chi connectivity index (χ3v) is 5.26. The summed E-state index contributed by atoms with van der Waals surface area (Å²) in [5.41, 5.74) is 7.60. The van der Waals surface area contributed by atoms with E-state index in [1.165, 1.54) is 47.9 Å². The highest BCUT2D eigenvalue weighted by Crippen LogP contribution is 2.38. The average molecular weight is 288 g/mol. The average Bonchev–Trinajstić information content (AvgIpc) is 3.24. The molecule has 1 aromatic carbocycles. The highest BCUT2D eigenvalue weighted by molar-refractivity contribution is 7.17. The quantitative estimate of drug-likeness (QED) is 0.828. The molecule has 1 aromatic heterocycles. The zero-order chi connectivity index (χ0) is 13.9. The Labute approximate surface area is 125 Å². The van der Waals surface area contributed by atoms with Crippen molar-refractivity contribution >= 4 is 21.4 Å². The number of unbranched alkanes of at least 4 members (excludes halogenated alkanes) is 1. The van der Waals surface area contributed by atoms with E-state index in [1.54, 1.807) is 0 Å². The lowest BCUT2D eigenvalue weighted by Crippen LogP contribution is -2.36. The molecular weight excluding hydrogens is 264 g/mol. The van der Waals surface area contributed by atoms with Crippen LogP contribution in [0.2, 0.25) is 0 Å². The Morgan fingerprint density at radius 3 is 2.85 bits per heavy atom. The first kappa shape index (κ1) is 14.1. The lowest BCUT2D eigenvalue weighted by Gasteiger charge is -2.31. The van der Waals surface area contributed by atoms with Crippen LogP contribution in [0.25, 0.3) is 10.1 Å². The second-order valence-electron chi connectivity index (χ2n) is 5.76. The molecule has 0 spiro atoms. The number of hydrogen-bond donors (Lipinski definition) is 1. The van der Waals surface area contributed by atoms with E-state index in [2.05, 4.69) is 41.5 Å². The summed E-state index contributed by atoms with van der Waals surface area (Å²) in [4.78, 5) is 2.66. The van der Waals surface area contributed by atoms with E-state index >= 15 is 0 Å². The molecule has 20 heavy (non-hydrogen) atoms. The molecule has 0 amide bonds. The Morgan fingerprint density at radius 1 is 1.35 bits per heavy atom. The van der Waals surface area contributed by atoms with Gasteiger partial charge < -0.3 is 5.73 Å². The van der Waals surface area contributed by atoms with Gasteiger partial charge >= 0.3 is 0 Å². The molecule has 0 radical (unpaired) electrons. The molecule has 1 unspecified atom stereocenters. The van der Waals surface area contributed by atoms with Gasteiger partial charge in [-0.05, 0) is 48.2 Å². The normalized spacial score (nSPS) is 16.9. The van der Waals surface area contributed by atoms with Crippen molar-refractivity contribution in [3.8, 4) is 0 Å². The maximum atomic E-state index is 6.16. The third kappa shape index (κ3) is 2.76. The van der Waals surface area contributed by atoms with Crippen molar-refractivity contribution in [1.29, 1.82) is 0 Å². The highest BCUT2D eigenvalue weighted by Gasteiger charge is 2.34. The van der Waals surface area contributed by atoms with Gasteiger partial charge in [-0.15, -0.1) is 11.3 Å². The SMILES string of the molecule is CCCCN(C1CC1)C(CN)c1csc2ccccc12. The van der Waals surface area contributed by atoms with Crippen molar-refractivity contribution < 1.29 is 0 Å². The van der Waals surface area contributed by atoms with Crippen molar-refractivity contribution in [2.45, 2.75) is 44.7 Å². The highest BCUT2D eigenvalue weighted by atomic mass is 32.1. The van der Waals surface area contributed by atoms with Gasteiger partial charge in [-0.25, -0.2) is 0 Å².